The number of halogens is 7. The molecule has 2 heterocycles. The minimum atomic E-state index is -5.12. The van der Waals surface area contributed by atoms with E-state index in [4.69, 9.17) is 4.74 Å². The largest absolute Gasteiger partial charge is 0.507 e. The van der Waals surface area contributed by atoms with Crippen LogP contribution in [-0.2, 0) is 26.7 Å². The van der Waals surface area contributed by atoms with E-state index in [9.17, 15) is 41.0 Å². The fourth-order valence-electron chi connectivity index (χ4n) is 6.48. The normalized spacial score (nSPS) is 24.6. The van der Waals surface area contributed by atoms with Crippen molar-refractivity contribution in [1.29, 1.82) is 0 Å². The molecule has 2 aliphatic heterocycles. The van der Waals surface area contributed by atoms with E-state index in [0.29, 0.717) is 41.9 Å². The van der Waals surface area contributed by atoms with Crippen molar-refractivity contribution in [1.82, 2.24) is 0 Å². The van der Waals surface area contributed by atoms with Crippen LogP contribution in [0, 0.1) is 17.8 Å². The maximum Gasteiger partial charge on any atom is 0.416 e. The SMILES string of the molecule is CC/C(=C\c1cc(Br)ccc1O)CC[C@H]1OC[C@H]2C1=C(C)C[C@H]1C(=O)N(c3cc(C(F)(F)F)cc(C(F)(F)F)c3)C(=O)[C@H]12. The van der Waals surface area contributed by atoms with Crippen molar-refractivity contribution < 1.29 is 45.8 Å². The Hall–Kier alpha value is -3.12. The molecule has 5 nitrogen and oxygen atoms in total. The van der Waals surface area contributed by atoms with Gasteiger partial charge in [-0.1, -0.05) is 40.1 Å². The highest BCUT2D eigenvalue weighted by molar-refractivity contribution is 9.10. The molecule has 230 valence electrons. The molecule has 2 saturated heterocycles. The van der Waals surface area contributed by atoms with Gasteiger partial charge in [0.2, 0.25) is 11.8 Å². The van der Waals surface area contributed by atoms with E-state index in [-0.39, 0.29) is 30.9 Å². The lowest BCUT2D eigenvalue weighted by Gasteiger charge is -2.30. The van der Waals surface area contributed by atoms with Crippen molar-refractivity contribution >= 4 is 39.5 Å². The van der Waals surface area contributed by atoms with Crippen LogP contribution in [0.25, 0.3) is 6.08 Å². The van der Waals surface area contributed by atoms with E-state index < -0.39 is 58.7 Å². The number of carbonyl (C=O) groups excluding carboxylic acids is 2. The number of fused-ring (bicyclic) bond motifs is 3. The van der Waals surface area contributed by atoms with Crippen LogP contribution in [0.4, 0.5) is 32.0 Å². The van der Waals surface area contributed by atoms with Crippen LogP contribution >= 0.6 is 15.9 Å². The van der Waals surface area contributed by atoms with E-state index >= 15 is 0 Å². The third-order valence-corrected chi connectivity index (χ3v) is 9.01. The van der Waals surface area contributed by atoms with E-state index in [1.54, 1.807) is 18.2 Å². The predicted octanol–water partition coefficient (Wildman–Crippen LogP) is 8.31. The van der Waals surface area contributed by atoms with Crippen molar-refractivity contribution in [3.05, 3.63) is 74.3 Å². The van der Waals surface area contributed by atoms with Gasteiger partial charge in [0.15, 0.2) is 0 Å². The first-order valence-corrected chi connectivity index (χ1v) is 14.6. The van der Waals surface area contributed by atoms with Gasteiger partial charge in [0.05, 0.1) is 41.4 Å². The van der Waals surface area contributed by atoms with E-state index in [1.165, 1.54) is 0 Å². The second-order valence-electron chi connectivity index (χ2n) is 11.2. The van der Waals surface area contributed by atoms with Gasteiger partial charge in [-0.3, -0.25) is 9.59 Å². The molecule has 3 aliphatic rings. The molecule has 5 rings (SSSR count). The number of hydrogen-bond donors (Lipinski definition) is 1. The number of benzene rings is 2. The maximum atomic E-state index is 13.6. The molecule has 0 radical (unpaired) electrons. The monoisotopic (exact) mass is 671 g/mol. The van der Waals surface area contributed by atoms with Gasteiger partial charge in [0.1, 0.15) is 5.75 Å². The summed E-state index contributed by atoms with van der Waals surface area (Å²) in [5.74, 6) is -3.85. The highest BCUT2D eigenvalue weighted by Crippen LogP contribution is 2.51. The number of hydrogen-bond acceptors (Lipinski definition) is 4. The molecule has 2 aromatic rings. The Morgan fingerprint density at radius 3 is 2.28 bits per heavy atom. The van der Waals surface area contributed by atoms with Gasteiger partial charge >= 0.3 is 12.4 Å². The molecule has 0 bridgehead atoms. The zero-order chi connectivity index (χ0) is 31.4. The average molecular weight is 672 g/mol. The Kier molecular flexibility index (Phi) is 8.32. The highest BCUT2D eigenvalue weighted by atomic mass is 79.9. The topological polar surface area (TPSA) is 66.8 Å². The van der Waals surface area contributed by atoms with Crippen molar-refractivity contribution in [2.24, 2.45) is 17.8 Å². The summed E-state index contributed by atoms with van der Waals surface area (Å²) in [6.07, 6.45) is -6.64. The highest BCUT2D eigenvalue weighted by Gasteiger charge is 2.57. The zero-order valence-electron chi connectivity index (χ0n) is 23.2. The lowest BCUT2D eigenvalue weighted by Crippen LogP contribution is -2.34. The number of nitrogens with zero attached hydrogens (tertiary/aromatic N) is 1. The Morgan fingerprint density at radius 2 is 1.67 bits per heavy atom. The maximum absolute atomic E-state index is 13.6. The predicted molar refractivity (Wildman–Crippen MR) is 150 cm³/mol. The summed E-state index contributed by atoms with van der Waals surface area (Å²) in [5.41, 5.74) is -0.518. The molecular formula is C31H28BrF6NO4. The van der Waals surface area contributed by atoms with Gasteiger partial charge in [-0.25, -0.2) is 4.90 Å². The molecule has 2 fully saturated rings. The molecule has 1 N–H and O–H groups in total. The lowest BCUT2D eigenvalue weighted by atomic mass is 9.70. The van der Waals surface area contributed by atoms with Crippen molar-refractivity contribution in [2.45, 2.75) is 58.0 Å². The summed E-state index contributed by atoms with van der Waals surface area (Å²) in [7, 11) is 0. The fraction of sp³-hybridized carbons (Fsp3) is 0.419. The van der Waals surface area contributed by atoms with Crippen molar-refractivity contribution in [3.63, 3.8) is 0 Å². The Morgan fingerprint density at radius 1 is 1.02 bits per heavy atom. The molecule has 12 heteroatoms. The van der Waals surface area contributed by atoms with Crippen LogP contribution < -0.4 is 4.90 Å². The molecule has 1 aliphatic carbocycles. The van der Waals surface area contributed by atoms with Crippen LogP contribution in [0.15, 0.2) is 57.6 Å². The summed E-state index contributed by atoms with van der Waals surface area (Å²) < 4.78 is 87.9. The number of allylic oxidation sites excluding steroid dienone is 2. The van der Waals surface area contributed by atoms with E-state index in [1.807, 2.05) is 19.9 Å². The van der Waals surface area contributed by atoms with Gasteiger partial charge in [0, 0.05) is 16.0 Å². The Labute approximate surface area is 252 Å². The van der Waals surface area contributed by atoms with Crippen LogP contribution in [0.2, 0.25) is 0 Å². The van der Waals surface area contributed by atoms with Gasteiger partial charge in [-0.15, -0.1) is 0 Å². The number of ether oxygens (including phenoxy) is 1. The molecular weight excluding hydrogens is 644 g/mol. The van der Waals surface area contributed by atoms with Crippen LogP contribution in [0.5, 0.6) is 5.75 Å². The quantitative estimate of drug-likeness (QED) is 0.191. The second kappa shape index (κ2) is 11.4. The minimum Gasteiger partial charge on any atom is -0.507 e. The van der Waals surface area contributed by atoms with Gasteiger partial charge < -0.3 is 9.84 Å². The fourth-order valence-corrected chi connectivity index (χ4v) is 6.86. The number of anilines is 1. The minimum absolute atomic E-state index is 0.0300. The number of rotatable bonds is 6. The molecule has 0 saturated carbocycles. The van der Waals surface area contributed by atoms with Crippen LogP contribution in [0.1, 0.15) is 56.2 Å². The first kappa shape index (κ1) is 31.3. The van der Waals surface area contributed by atoms with E-state index in [2.05, 4.69) is 15.9 Å². The first-order chi connectivity index (χ1) is 20.1. The standard InChI is InChI=1S/C31H28BrF6NO4/c1-3-16(9-17-10-20(32)5-6-24(17)40)4-7-25-26-15(2)8-22-27(23(26)14-43-25)29(42)39(28(22)41)21-12-18(30(33,34)35)11-19(13-21)31(36,37)38/h5-6,9-13,22-23,25,27,40H,3-4,7-8,14H2,1-2H3/b16-9+/t22-,23+,25-,27-/m1/s1. The number of aromatic hydroxyl groups is 1. The number of phenolic OH excluding ortho intramolecular Hbond substituents is 1. The van der Waals surface area contributed by atoms with Gasteiger partial charge in [0.25, 0.3) is 0 Å². The molecule has 2 aromatic carbocycles. The molecule has 43 heavy (non-hydrogen) atoms. The number of imide groups is 1. The number of phenols is 1. The number of amides is 2. The van der Waals surface area contributed by atoms with Crippen LogP contribution in [-0.4, -0.2) is 29.6 Å². The summed E-state index contributed by atoms with van der Waals surface area (Å²) >= 11 is 3.40. The third kappa shape index (κ3) is 6.00. The zero-order valence-corrected chi connectivity index (χ0v) is 24.7. The molecule has 0 aromatic heterocycles. The van der Waals surface area contributed by atoms with Crippen molar-refractivity contribution in [3.8, 4) is 5.75 Å². The molecule has 0 spiro atoms. The molecule has 4 atom stereocenters. The van der Waals surface area contributed by atoms with Crippen LogP contribution in [0.3, 0.4) is 0 Å². The van der Waals surface area contributed by atoms with E-state index in [0.717, 1.165) is 21.2 Å². The first-order valence-electron chi connectivity index (χ1n) is 13.8. The smallest absolute Gasteiger partial charge is 0.416 e. The van der Waals surface area contributed by atoms with Gasteiger partial charge in [-0.05, 0) is 74.6 Å². The summed E-state index contributed by atoms with van der Waals surface area (Å²) in [6, 6.07) is 5.93. The Bertz CT molecular complexity index is 1500. The second-order valence-corrected chi connectivity index (χ2v) is 12.1. The number of alkyl halides is 6. The lowest BCUT2D eigenvalue weighted by molar-refractivity contribution is -0.143. The number of carbonyl (C=O) groups is 2. The van der Waals surface area contributed by atoms with Crippen molar-refractivity contribution in [2.75, 3.05) is 11.5 Å². The summed E-state index contributed by atoms with van der Waals surface area (Å²) in [4.78, 5) is 27.5. The summed E-state index contributed by atoms with van der Waals surface area (Å²) in [5, 5.41) is 10.2. The average Bonchev–Trinajstić information content (AvgIpc) is 3.46. The molecule has 2 amide bonds. The van der Waals surface area contributed by atoms with Gasteiger partial charge in [-0.2, -0.15) is 26.3 Å². The summed E-state index contributed by atoms with van der Waals surface area (Å²) in [6.45, 7) is 3.92. The third-order valence-electron chi connectivity index (χ3n) is 8.51. The Balaban J connectivity index is 1.40. The molecule has 0 unspecified atom stereocenters.